The van der Waals surface area contributed by atoms with Crippen LogP contribution in [0.1, 0.15) is 87.5 Å². The molecule has 0 aromatic carbocycles. The van der Waals surface area contributed by atoms with Crippen LogP contribution in [0.15, 0.2) is 0 Å². The smallest absolute Gasteiger partial charge is 0.0694 e. The van der Waals surface area contributed by atoms with Crippen molar-refractivity contribution in [1.82, 2.24) is 0 Å². The van der Waals surface area contributed by atoms with Crippen LogP contribution in [0.25, 0.3) is 0 Å². The van der Waals surface area contributed by atoms with Crippen molar-refractivity contribution in [2.45, 2.75) is 99.1 Å². The maximum absolute atomic E-state index is 2.54. The molecule has 8 unspecified atom stereocenters. The van der Waals surface area contributed by atoms with Crippen molar-refractivity contribution < 1.29 is 0 Å². The Morgan fingerprint density at radius 2 is 0.909 bits per heavy atom. The molecule has 8 atom stereocenters. The fourth-order valence-corrected chi connectivity index (χ4v) is 6.08. The van der Waals surface area contributed by atoms with Crippen molar-refractivity contribution in [2.75, 3.05) is 0 Å². The molecule has 0 spiro atoms. The first-order valence-electron chi connectivity index (χ1n) is 10.3. The van der Waals surface area contributed by atoms with E-state index in [-0.39, 0.29) is 0 Å². The monoisotopic (exact) mass is 305 g/mol. The highest BCUT2D eigenvalue weighted by atomic mass is 14.4. The van der Waals surface area contributed by atoms with E-state index in [1.165, 1.54) is 32.1 Å². The van der Waals surface area contributed by atoms with E-state index < -0.39 is 0 Å². The van der Waals surface area contributed by atoms with Crippen molar-refractivity contribution >= 4 is 7.28 Å². The topological polar surface area (TPSA) is 0 Å². The van der Waals surface area contributed by atoms with Crippen LogP contribution in [0.3, 0.4) is 0 Å². The van der Waals surface area contributed by atoms with Crippen LogP contribution in [0.5, 0.6) is 0 Å². The molecule has 1 saturated heterocycles. The third-order valence-corrected chi connectivity index (χ3v) is 7.15. The Kier molecular flexibility index (Phi) is 8.58. The lowest BCUT2D eigenvalue weighted by Crippen LogP contribution is -2.13. The Bertz CT molecular complexity index is 242. The molecular formula is C21H42B. The molecule has 1 aliphatic heterocycles. The third kappa shape index (κ3) is 4.54. The predicted molar refractivity (Wildman–Crippen MR) is 103 cm³/mol. The molecule has 1 aliphatic carbocycles. The molecule has 22 heavy (non-hydrogen) atoms. The van der Waals surface area contributed by atoms with Gasteiger partial charge < -0.3 is 0 Å². The van der Waals surface area contributed by atoms with Crippen LogP contribution in [0, 0.1) is 35.5 Å². The maximum atomic E-state index is 2.54. The zero-order valence-corrected chi connectivity index (χ0v) is 16.7. The summed E-state index contributed by atoms with van der Waals surface area (Å²) in [5, 5.41) is 0. The lowest BCUT2D eigenvalue weighted by molar-refractivity contribution is 0.282. The molecule has 0 aromatic heterocycles. The fraction of sp³-hybridized carbons (Fsp3) is 1.00. The molecule has 129 valence electrons. The van der Waals surface area contributed by atoms with E-state index in [1.807, 2.05) is 0 Å². The number of hydrogen-bond acceptors (Lipinski definition) is 0. The van der Waals surface area contributed by atoms with Gasteiger partial charge in [0.15, 0.2) is 0 Å². The number of rotatable bonds is 4. The van der Waals surface area contributed by atoms with Crippen LogP contribution in [0.4, 0.5) is 0 Å². The first-order valence-corrected chi connectivity index (χ1v) is 10.3. The van der Waals surface area contributed by atoms with E-state index >= 15 is 0 Å². The molecule has 0 bridgehead atoms. The second kappa shape index (κ2) is 9.38. The minimum atomic E-state index is 0.861. The normalized spacial score (nSPS) is 44.4. The van der Waals surface area contributed by atoms with Gasteiger partial charge in [0.25, 0.3) is 0 Å². The average molecular weight is 305 g/mol. The molecule has 2 fully saturated rings. The Labute approximate surface area is 142 Å². The summed E-state index contributed by atoms with van der Waals surface area (Å²) in [4.78, 5) is 0. The molecule has 0 aromatic rings. The van der Waals surface area contributed by atoms with Gasteiger partial charge in [-0.15, -0.1) is 0 Å². The minimum absolute atomic E-state index is 0.861. The molecule has 2 aliphatic rings. The van der Waals surface area contributed by atoms with Gasteiger partial charge in [-0.25, -0.2) is 0 Å². The van der Waals surface area contributed by atoms with Crippen molar-refractivity contribution in [3.63, 3.8) is 0 Å². The quantitative estimate of drug-likeness (QED) is 0.486. The summed E-state index contributed by atoms with van der Waals surface area (Å²) in [7, 11) is 2.54. The van der Waals surface area contributed by atoms with E-state index in [2.05, 4.69) is 62.7 Å². The van der Waals surface area contributed by atoms with Gasteiger partial charge in [-0.3, -0.25) is 0 Å². The molecule has 0 nitrogen and oxygen atoms in total. The van der Waals surface area contributed by atoms with Gasteiger partial charge in [-0.05, 0) is 41.9 Å². The van der Waals surface area contributed by atoms with E-state index in [1.54, 1.807) is 0 Å². The van der Waals surface area contributed by atoms with Crippen molar-refractivity contribution in [3.05, 3.63) is 0 Å². The van der Waals surface area contributed by atoms with Gasteiger partial charge in [0, 0.05) is 0 Å². The van der Waals surface area contributed by atoms with Gasteiger partial charge in [0.2, 0.25) is 0 Å². The van der Waals surface area contributed by atoms with Crippen molar-refractivity contribution in [1.29, 1.82) is 0 Å². The van der Waals surface area contributed by atoms with Gasteiger partial charge in [0.05, 0.1) is 0 Å². The molecule has 1 heteroatoms. The molecule has 0 amide bonds. The first-order chi connectivity index (χ1) is 10.4. The lowest BCUT2D eigenvalue weighted by Gasteiger charge is -2.22. The summed E-state index contributed by atoms with van der Waals surface area (Å²) in [5.41, 5.74) is 0. The SMILES string of the molecule is CCC1C(C)CC(C)C1CC.CCC1C(C)[B]C(C)C1CC. The van der Waals surface area contributed by atoms with E-state index in [0.717, 1.165) is 47.1 Å². The fourth-order valence-electron chi connectivity index (χ4n) is 6.08. The highest BCUT2D eigenvalue weighted by molar-refractivity contribution is 6.40. The van der Waals surface area contributed by atoms with Crippen LogP contribution in [-0.2, 0) is 0 Å². The highest BCUT2D eigenvalue weighted by Gasteiger charge is 2.37. The molecule has 1 radical (unpaired) electrons. The van der Waals surface area contributed by atoms with E-state index in [0.29, 0.717) is 0 Å². The second-order valence-electron chi connectivity index (χ2n) is 8.39. The van der Waals surface area contributed by atoms with Gasteiger partial charge in [0.1, 0.15) is 7.28 Å². The summed E-state index contributed by atoms with van der Waals surface area (Å²) in [5.74, 6) is 7.68. The third-order valence-electron chi connectivity index (χ3n) is 7.15. The van der Waals surface area contributed by atoms with Gasteiger partial charge >= 0.3 is 0 Å². The Morgan fingerprint density at radius 1 is 0.591 bits per heavy atom. The van der Waals surface area contributed by atoms with Crippen molar-refractivity contribution in [3.8, 4) is 0 Å². The second-order valence-corrected chi connectivity index (χ2v) is 8.39. The Balaban J connectivity index is 0.000000220. The summed E-state index contributed by atoms with van der Waals surface area (Å²) < 4.78 is 0. The summed E-state index contributed by atoms with van der Waals surface area (Å²) in [6, 6.07) is 0. The van der Waals surface area contributed by atoms with E-state index in [4.69, 9.17) is 0 Å². The van der Waals surface area contributed by atoms with Crippen molar-refractivity contribution in [2.24, 2.45) is 35.5 Å². The highest BCUT2D eigenvalue weighted by Crippen LogP contribution is 2.46. The predicted octanol–water partition coefficient (Wildman–Crippen LogP) is 7.09. The standard InChI is InChI=1S/C11H22.C10H20B/c1-5-10-8(3)7-9(4)11(10)6-2;1-5-9-7(3)11-8(4)10(9)6-2/h8-11H,5-7H2,1-4H3;7-10H,5-6H2,1-4H3. The lowest BCUT2D eigenvalue weighted by atomic mass is 9.60. The maximum Gasteiger partial charge on any atom is 0.117 e. The molecule has 1 heterocycles. The molecular weight excluding hydrogens is 263 g/mol. The zero-order valence-electron chi connectivity index (χ0n) is 16.7. The number of hydrogen-bond donors (Lipinski definition) is 0. The Morgan fingerprint density at radius 3 is 1.18 bits per heavy atom. The average Bonchev–Trinajstić information content (AvgIpc) is 2.92. The summed E-state index contributed by atoms with van der Waals surface area (Å²) in [6.07, 6.45) is 6.98. The molecule has 0 N–H and O–H groups in total. The van der Waals surface area contributed by atoms with Crippen LogP contribution in [0.2, 0.25) is 11.6 Å². The summed E-state index contributed by atoms with van der Waals surface area (Å²) >= 11 is 0. The zero-order chi connectivity index (χ0) is 16.9. The Hall–Kier alpha value is 0.0649. The largest absolute Gasteiger partial charge is 0.117 e. The van der Waals surface area contributed by atoms with E-state index in [9.17, 15) is 0 Å². The van der Waals surface area contributed by atoms with Crippen LogP contribution in [-0.4, -0.2) is 7.28 Å². The van der Waals surface area contributed by atoms with Gasteiger partial charge in [-0.2, -0.15) is 0 Å². The van der Waals surface area contributed by atoms with Gasteiger partial charge in [-0.1, -0.05) is 92.7 Å². The minimum Gasteiger partial charge on any atom is -0.0694 e. The first kappa shape index (κ1) is 20.1. The van der Waals surface area contributed by atoms with Crippen LogP contribution >= 0.6 is 0 Å². The van der Waals surface area contributed by atoms with Crippen LogP contribution < -0.4 is 0 Å². The summed E-state index contributed by atoms with van der Waals surface area (Å²) in [6.45, 7) is 19.0. The molecule has 1 saturated carbocycles. The molecule has 2 rings (SSSR count).